The Balaban J connectivity index is 1.68. The van der Waals surface area contributed by atoms with E-state index in [1.165, 1.54) is 0 Å². The van der Waals surface area contributed by atoms with E-state index in [4.69, 9.17) is 4.74 Å². The zero-order valence-corrected chi connectivity index (χ0v) is 17.8. The summed E-state index contributed by atoms with van der Waals surface area (Å²) in [4.78, 5) is 27.0. The summed E-state index contributed by atoms with van der Waals surface area (Å²) in [7, 11) is 0. The molecule has 1 fully saturated rings. The van der Waals surface area contributed by atoms with Gasteiger partial charge < -0.3 is 19.5 Å². The Bertz CT molecular complexity index is 915. The molecule has 0 unspecified atom stereocenters. The summed E-state index contributed by atoms with van der Waals surface area (Å²) < 4.78 is 7.43. The summed E-state index contributed by atoms with van der Waals surface area (Å²) in [6.45, 7) is 13.5. The molecule has 0 spiro atoms. The van der Waals surface area contributed by atoms with Crippen molar-refractivity contribution < 1.29 is 14.3 Å². The first-order valence-corrected chi connectivity index (χ1v) is 10.3. The van der Waals surface area contributed by atoms with E-state index >= 15 is 0 Å². The lowest BCUT2D eigenvalue weighted by atomic mass is 10.0. The van der Waals surface area contributed by atoms with Crippen LogP contribution in [0.1, 0.15) is 56.5 Å². The molecule has 2 heterocycles. The lowest BCUT2D eigenvalue weighted by molar-refractivity contribution is 0.0474. The van der Waals surface area contributed by atoms with E-state index in [9.17, 15) is 9.59 Å². The Labute approximate surface area is 172 Å². The Morgan fingerprint density at radius 3 is 2.55 bits per heavy atom. The van der Waals surface area contributed by atoms with Gasteiger partial charge >= 0.3 is 6.09 Å². The zero-order valence-electron chi connectivity index (χ0n) is 17.8. The summed E-state index contributed by atoms with van der Waals surface area (Å²) in [6, 6.07) is 6.09. The van der Waals surface area contributed by atoms with Crippen molar-refractivity contribution in [2.75, 3.05) is 13.1 Å². The molecule has 0 saturated carbocycles. The standard InChI is InChI=1S/C23H31N3O3/c1-6-16-8-9-18-19(15-25(7-2)20(18)14-16)21(27)26-12-10-17(11-13-26)24-22(28)29-23(3,4)5/h6,8-9,14-15,17H,1,7,10-13H2,2-5H3,(H,24,28). The van der Waals surface area contributed by atoms with E-state index in [-0.39, 0.29) is 11.9 Å². The molecule has 1 aromatic carbocycles. The van der Waals surface area contributed by atoms with Gasteiger partial charge in [-0.25, -0.2) is 4.79 Å². The van der Waals surface area contributed by atoms with Gasteiger partial charge in [-0.05, 0) is 52.2 Å². The molecule has 156 valence electrons. The van der Waals surface area contributed by atoms with Crippen LogP contribution >= 0.6 is 0 Å². The van der Waals surface area contributed by atoms with Crippen LogP contribution in [0, 0.1) is 0 Å². The summed E-state index contributed by atoms with van der Waals surface area (Å²) >= 11 is 0. The Kier molecular flexibility index (Phi) is 6.01. The topological polar surface area (TPSA) is 63.6 Å². The summed E-state index contributed by atoms with van der Waals surface area (Å²) in [6.07, 6.45) is 4.81. The fourth-order valence-corrected chi connectivity index (χ4v) is 3.74. The highest BCUT2D eigenvalue weighted by Crippen LogP contribution is 2.26. The Morgan fingerprint density at radius 1 is 1.28 bits per heavy atom. The highest BCUT2D eigenvalue weighted by molar-refractivity contribution is 6.07. The Morgan fingerprint density at radius 2 is 1.97 bits per heavy atom. The van der Waals surface area contributed by atoms with Gasteiger partial charge in [0.15, 0.2) is 0 Å². The molecule has 2 aromatic rings. The number of likely N-dealkylation sites (tertiary alicyclic amines) is 1. The highest BCUT2D eigenvalue weighted by Gasteiger charge is 2.27. The SMILES string of the molecule is C=Cc1ccc2c(C(=O)N3CCC(NC(=O)OC(C)(C)C)CC3)cn(CC)c2c1. The summed E-state index contributed by atoms with van der Waals surface area (Å²) in [5, 5.41) is 3.89. The lowest BCUT2D eigenvalue weighted by Gasteiger charge is -2.32. The number of hydrogen-bond donors (Lipinski definition) is 1. The second kappa shape index (κ2) is 8.31. The minimum Gasteiger partial charge on any atom is -0.444 e. The largest absolute Gasteiger partial charge is 0.444 e. The number of hydrogen-bond acceptors (Lipinski definition) is 3. The molecule has 0 atom stereocenters. The van der Waals surface area contributed by atoms with Crippen LogP contribution in [0.25, 0.3) is 17.0 Å². The molecule has 2 amide bonds. The number of nitrogens with zero attached hydrogens (tertiary/aromatic N) is 2. The molecule has 6 nitrogen and oxygen atoms in total. The van der Waals surface area contributed by atoms with Crippen LogP contribution in [-0.4, -0.2) is 46.2 Å². The molecule has 1 aromatic heterocycles. The van der Waals surface area contributed by atoms with Crippen molar-refractivity contribution in [2.24, 2.45) is 0 Å². The second-order valence-corrected chi connectivity index (χ2v) is 8.52. The van der Waals surface area contributed by atoms with Gasteiger partial charge in [-0.15, -0.1) is 0 Å². The van der Waals surface area contributed by atoms with Crippen LogP contribution < -0.4 is 5.32 Å². The van der Waals surface area contributed by atoms with Crippen LogP contribution in [0.4, 0.5) is 4.79 Å². The molecule has 1 aliphatic heterocycles. The number of benzene rings is 1. The fraction of sp³-hybridized carbons (Fsp3) is 0.478. The monoisotopic (exact) mass is 397 g/mol. The van der Waals surface area contributed by atoms with E-state index in [1.54, 1.807) is 0 Å². The van der Waals surface area contributed by atoms with E-state index in [2.05, 4.69) is 29.5 Å². The summed E-state index contributed by atoms with van der Waals surface area (Å²) in [5.41, 5.74) is 2.31. The van der Waals surface area contributed by atoms with E-state index in [1.807, 2.05) is 50.1 Å². The van der Waals surface area contributed by atoms with Crippen molar-refractivity contribution in [1.82, 2.24) is 14.8 Å². The van der Waals surface area contributed by atoms with E-state index in [0.29, 0.717) is 13.1 Å². The number of alkyl carbamates (subject to hydrolysis) is 1. The average molecular weight is 398 g/mol. The first kappa shape index (κ1) is 21.0. The van der Waals surface area contributed by atoms with Gasteiger partial charge in [0.05, 0.1) is 5.56 Å². The molecule has 1 aliphatic rings. The van der Waals surface area contributed by atoms with E-state index < -0.39 is 11.7 Å². The predicted octanol–water partition coefficient (Wildman–Crippen LogP) is 4.43. The van der Waals surface area contributed by atoms with Crippen LogP contribution in [0.2, 0.25) is 0 Å². The molecule has 1 N–H and O–H groups in total. The molecular formula is C23H31N3O3. The van der Waals surface area contributed by atoms with Gasteiger partial charge in [-0.1, -0.05) is 24.8 Å². The number of aryl methyl sites for hydroxylation is 1. The van der Waals surface area contributed by atoms with Gasteiger partial charge in [-0.2, -0.15) is 0 Å². The van der Waals surface area contributed by atoms with Crippen LogP contribution in [0.15, 0.2) is 31.0 Å². The van der Waals surface area contributed by atoms with Crippen molar-refractivity contribution in [3.8, 4) is 0 Å². The highest BCUT2D eigenvalue weighted by atomic mass is 16.6. The predicted molar refractivity (Wildman–Crippen MR) is 116 cm³/mol. The number of rotatable bonds is 4. The first-order chi connectivity index (χ1) is 13.7. The van der Waals surface area contributed by atoms with Gasteiger partial charge in [-0.3, -0.25) is 4.79 Å². The first-order valence-electron chi connectivity index (χ1n) is 10.3. The van der Waals surface area contributed by atoms with Gasteiger partial charge in [0.1, 0.15) is 5.60 Å². The lowest BCUT2D eigenvalue weighted by Crippen LogP contribution is -2.47. The third kappa shape index (κ3) is 4.81. The van der Waals surface area contributed by atoms with Crippen molar-refractivity contribution in [3.63, 3.8) is 0 Å². The van der Waals surface area contributed by atoms with Crippen LogP contribution in [-0.2, 0) is 11.3 Å². The molecule has 3 rings (SSSR count). The maximum Gasteiger partial charge on any atom is 0.407 e. The smallest absolute Gasteiger partial charge is 0.407 e. The minimum atomic E-state index is -0.514. The quantitative estimate of drug-likeness (QED) is 0.830. The number of nitrogens with one attached hydrogen (secondary N) is 1. The summed E-state index contributed by atoms with van der Waals surface area (Å²) in [5.74, 6) is 0.0456. The molecule has 0 radical (unpaired) electrons. The van der Waals surface area contributed by atoms with Crippen molar-refractivity contribution in [3.05, 3.63) is 42.1 Å². The fourth-order valence-electron chi connectivity index (χ4n) is 3.74. The normalized spacial score (nSPS) is 15.4. The zero-order chi connectivity index (χ0) is 21.2. The van der Waals surface area contributed by atoms with Crippen LogP contribution in [0.5, 0.6) is 0 Å². The van der Waals surface area contributed by atoms with Crippen molar-refractivity contribution in [2.45, 2.75) is 58.7 Å². The number of ether oxygens (including phenoxy) is 1. The number of carbonyl (C=O) groups excluding carboxylic acids is 2. The molecular weight excluding hydrogens is 366 g/mol. The van der Waals surface area contributed by atoms with E-state index in [0.717, 1.165) is 41.4 Å². The maximum absolute atomic E-state index is 13.2. The number of aromatic nitrogens is 1. The van der Waals surface area contributed by atoms with Crippen molar-refractivity contribution in [1.29, 1.82) is 0 Å². The molecule has 0 bridgehead atoms. The number of fused-ring (bicyclic) bond motifs is 1. The van der Waals surface area contributed by atoms with Gasteiger partial charge in [0.2, 0.25) is 0 Å². The third-order valence-corrected chi connectivity index (χ3v) is 5.22. The third-order valence-electron chi connectivity index (χ3n) is 5.22. The maximum atomic E-state index is 13.2. The molecule has 1 saturated heterocycles. The van der Waals surface area contributed by atoms with Gasteiger partial charge in [0, 0.05) is 42.8 Å². The van der Waals surface area contributed by atoms with Gasteiger partial charge in [0.25, 0.3) is 5.91 Å². The Hall–Kier alpha value is -2.76. The second-order valence-electron chi connectivity index (χ2n) is 8.52. The average Bonchev–Trinajstić information content (AvgIpc) is 3.04. The molecule has 29 heavy (non-hydrogen) atoms. The van der Waals surface area contributed by atoms with Crippen molar-refractivity contribution >= 4 is 29.0 Å². The number of carbonyl (C=O) groups is 2. The molecule has 6 heteroatoms. The van der Waals surface area contributed by atoms with Crippen LogP contribution in [0.3, 0.4) is 0 Å². The minimum absolute atomic E-state index is 0.0287. The number of piperidine rings is 1. The molecule has 0 aliphatic carbocycles. The number of amides is 2.